The molecule has 0 aliphatic carbocycles. The van der Waals surface area contributed by atoms with Crippen molar-refractivity contribution in [2.75, 3.05) is 65.7 Å². The Labute approximate surface area is 762 Å². The van der Waals surface area contributed by atoms with Crippen LogP contribution < -0.4 is 81.0 Å². The van der Waals surface area contributed by atoms with Gasteiger partial charge in [-0.15, -0.1) is 0 Å². The van der Waals surface area contributed by atoms with Gasteiger partial charge in [-0.25, -0.2) is 4.98 Å². The van der Waals surface area contributed by atoms with Gasteiger partial charge in [0.05, 0.1) is 64.0 Å². The number of nitrogens with two attached hydrogens (primary N) is 3. The van der Waals surface area contributed by atoms with E-state index in [1.165, 1.54) is 43.1 Å². The lowest BCUT2D eigenvalue weighted by Gasteiger charge is -2.50. The number of hydrogen-bond donors (Lipinski definition) is 27. The van der Waals surface area contributed by atoms with Gasteiger partial charge in [-0.3, -0.25) is 81.7 Å². The van der Waals surface area contributed by atoms with Gasteiger partial charge in [-0.1, -0.05) is 13.8 Å². The van der Waals surface area contributed by atoms with E-state index < -0.39 is 311 Å². The van der Waals surface area contributed by atoms with Crippen molar-refractivity contribution in [2.45, 2.75) is 303 Å². The van der Waals surface area contributed by atoms with E-state index in [0.29, 0.717) is 31.5 Å². The standard InChI is InChI=1S/C79H129N21O33/c1-10-84-67(119)44-16-12-20-98(44)74(126)34(5)89-68(120)45-17-14-22-100(45)75(127)41(15-11-19-85-79(81)82)92-71(123)53(35(6)105)96-65(117)42(24-51(109)110)93-69(121)46-18-13-21-99(46)73(125)33(4)88-66(118)43(27-101)94-72(124)54(97-70(122)52(32(2)3)95-50(108)26-86-64(116)40(80)23-39-25-83-31-87-39)36(7)128-77-56(91-38(9)107)63(58(112)48(29-103)129-77)133-76-55(90-37(8)106)59(113)62(49(30-104)131-76)132-78-61(115)60(114)57(111)47(28-102)130-78/h25,31-36,40-49,52-63,76-78,101-105,111-115H,10-24,26-30,80H2,1-9H3,(H,83,87)(H,84,119)(H,86,116)(H,88,118)(H,89,120)(H,90,106)(H,91,107)(H,92,123)(H,93,121)(H,94,124)(H,95,108)(H,96,117)(H,97,122)(H,109,110)(H4,81,82,85)/t33?,34?,35?,36?,40?,41?,42?,43?,44?,45?,46?,47-,48-,49-,52?,53?,54?,55?,56?,57-,58-,59?,60?,61?,62-,63?,76-,77+,78-/m1/s1. The third-order valence-electron chi connectivity index (χ3n) is 23.1. The lowest BCUT2D eigenvalue weighted by Crippen LogP contribution is -2.71. The van der Waals surface area contributed by atoms with Crippen LogP contribution in [0.2, 0.25) is 0 Å². The predicted molar refractivity (Wildman–Crippen MR) is 452 cm³/mol. The summed E-state index contributed by atoms with van der Waals surface area (Å²) in [7, 11) is 0. The molecule has 0 spiro atoms. The maximum atomic E-state index is 15.1. The highest BCUT2D eigenvalue weighted by Gasteiger charge is 2.56. The molecule has 6 saturated heterocycles. The zero-order valence-electron chi connectivity index (χ0n) is 75.0. The Bertz CT molecular complexity index is 4190. The summed E-state index contributed by atoms with van der Waals surface area (Å²) in [6, 6.07) is -22.7. The quantitative estimate of drug-likeness (QED) is 0.0164. The number of carboxylic acid groups (broad SMARTS) is 1. The number of rotatable bonds is 46. The monoisotopic (exact) mass is 1900 g/mol. The average molecular weight is 1900 g/mol. The molecule has 20 unspecified atom stereocenters. The van der Waals surface area contributed by atoms with Gasteiger partial charge in [0, 0.05) is 64.9 Å². The van der Waals surface area contributed by atoms with Crippen LogP contribution >= 0.6 is 0 Å². The van der Waals surface area contributed by atoms with Crippen molar-refractivity contribution in [3.63, 3.8) is 0 Å². The topological polar surface area (TPSA) is 824 Å². The van der Waals surface area contributed by atoms with Crippen molar-refractivity contribution < 1.29 is 161 Å². The van der Waals surface area contributed by atoms with Crippen LogP contribution in [0.25, 0.3) is 0 Å². The molecule has 29 atom stereocenters. The molecule has 6 aliphatic rings. The Morgan fingerprint density at radius 2 is 1.06 bits per heavy atom. The second kappa shape index (κ2) is 51.1. The summed E-state index contributed by atoms with van der Waals surface area (Å²) in [4.78, 5) is 236. The van der Waals surface area contributed by atoms with Gasteiger partial charge in [0.15, 0.2) is 24.8 Å². The number of aliphatic hydroxyl groups excluding tert-OH is 10. The molecule has 1 aromatic rings. The van der Waals surface area contributed by atoms with Crippen LogP contribution in [-0.4, -0.2) is 424 Å². The number of amides is 15. The normalized spacial score (nSPS) is 27.7. The summed E-state index contributed by atoms with van der Waals surface area (Å²) in [6.45, 7) is 6.41. The third-order valence-corrected chi connectivity index (χ3v) is 23.1. The summed E-state index contributed by atoms with van der Waals surface area (Å²) < 4.78 is 35.9. The number of H-pyrrole nitrogens is 1. The molecule has 0 aromatic carbocycles. The van der Waals surface area contributed by atoms with Gasteiger partial charge in [0.2, 0.25) is 88.6 Å². The molecule has 748 valence electrons. The number of hydrogen-bond acceptors (Lipinski definition) is 35. The summed E-state index contributed by atoms with van der Waals surface area (Å²) in [5, 5.41) is 148. The molecule has 7 rings (SSSR count). The largest absolute Gasteiger partial charge is 0.481 e. The molecule has 0 saturated carbocycles. The number of nitrogens with zero attached hydrogens (tertiary/aromatic N) is 5. The van der Waals surface area contributed by atoms with Crippen LogP contribution in [0.15, 0.2) is 17.5 Å². The van der Waals surface area contributed by atoms with Crippen LogP contribution in [-0.2, 0) is 112 Å². The molecular formula is C79H129N21O33. The first-order valence-corrected chi connectivity index (χ1v) is 43.7. The number of aromatic amines is 1. The predicted octanol–water partition coefficient (Wildman–Crippen LogP) is -14.9. The highest BCUT2D eigenvalue weighted by Crippen LogP contribution is 2.35. The lowest BCUT2D eigenvalue weighted by molar-refractivity contribution is -0.361. The number of likely N-dealkylation sites (N-methyl/N-ethyl adjacent to an activating group) is 1. The molecular weight excluding hydrogens is 1770 g/mol. The van der Waals surface area contributed by atoms with E-state index in [1.807, 2.05) is 0 Å². The molecule has 133 heavy (non-hydrogen) atoms. The number of aliphatic imine (C=N–C) groups is 1. The highest BCUT2D eigenvalue weighted by molar-refractivity contribution is 6.01. The molecule has 0 radical (unpaired) electrons. The number of ether oxygens (including phenoxy) is 6. The van der Waals surface area contributed by atoms with Crippen LogP contribution in [0.3, 0.4) is 0 Å². The molecule has 15 amide bonds. The fourth-order valence-electron chi connectivity index (χ4n) is 16.1. The van der Waals surface area contributed by atoms with Gasteiger partial charge in [-0.05, 0) is 91.9 Å². The molecule has 7 heterocycles. The minimum Gasteiger partial charge on any atom is -0.481 e. The Kier molecular flexibility index (Phi) is 42.0. The Morgan fingerprint density at radius 3 is 1.60 bits per heavy atom. The van der Waals surface area contributed by atoms with E-state index >= 15 is 4.79 Å². The van der Waals surface area contributed by atoms with E-state index in [4.69, 9.17) is 45.6 Å². The number of carbonyl (C=O) groups is 16. The molecule has 54 heteroatoms. The fourth-order valence-corrected chi connectivity index (χ4v) is 16.1. The molecule has 0 bridgehead atoms. The molecule has 6 aliphatic heterocycles. The first kappa shape index (κ1) is 109. The minimum atomic E-state index is -2.18. The maximum absolute atomic E-state index is 15.1. The van der Waals surface area contributed by atoms with E-state index in [0.717, 1.165) is 39.5 Å². The fraction of sp³-hybridized carbons (Fsp3) is 0.747. The summed E-state index contributed by atoms with van der Waals surface area (Å²) in [6.07, 6.45) is -26.2. The van der Waals surface area contributed by atoms with Crippen molar-refractivity contribution in [1.29, 1.82) is 0 Å². The van der Waals surface area contributed by atoms with Gasteiger partial charge in [-0.2, -0.15) is 0 Å². The Balaban J connectivity index is 1.08. The zero-order valence-corrected chi connectivity index (χ0v) is 75.0. The third kappa shape index (κ3) is 29.7. The highest BCUT2D eigenvalue weighted by atomic mass is 16.7. The van der Waals surface area contributed by atoms with E-state index in [2.05, 4.69) is 78.8 Å². The van der Waals surface area contributed by atoms with E-state index in [-0.39, 0.29) is 76.6 Å². The van der Waals surface area contributed by atoms with Crippen molar-refractivity contribution in [3.05, 3.63) is 18.2 Å². The second-order valence-electron chi connectivity index (χ2n) is 33.6. The van der Waals surface area contributed by atoms with Crippen LogP contribution in [0.1, 0.15) is 126 Å². The van der Waals surface area contributed by atoms with Crippen LogP contribution in [0, 0.1) is 5.92 Å². The zero-order chi connectivity index (χ0) is 98.9. The van der Waals surface area contributed by atoms with Gasteiger partial charge < -0.3 is 185 Å². The first-order valence-electron chi connectivity index (χ1n) is 43.7. The first-order chi connectivity index (χ1) is 62.8. The number of imidazole rings is 1. The van der Waals surface area contributed by atoms with Gasteiger partial charge >= 0.3 is 5.97 Å². The van der Waals surface area contributed by atoms with Crippen molar-refractivity contribution in [1.82, 2.24) is 88.5 Å². The number of likely N-dealkylation sites (tertiary alicyclic amines) is 3. The van der Waals surface area contributed by atoms with Crippen molar-refractivity contribution >= 4 is 101 Å². The second-order valence-corrected chi connectivity index (χ2v) is 33.6. The smallest absolute Gasteiger partial charge is 0.305 e. The van der Waals surface area contributed by atoms with E-state index in [1.54, 1.807) is 6.92 Å². The summed E-state index contributed by atoms with van der Waals surface area (Å²) in [5.41, 5.74) is 17.6. The van der Waals surface area contributed by atoms with Gasteiger partial charge in [0.1, 0.15) is 140 Å². The summed E-state index contributed by atoms with van der Waals surface area (Å²) in [5.74, 6) is -17.6. The molecule has 6 fully saturated rings. The van der Waals surface area contributed by atoms with Crippen molar-refractivity contribution in [3.8, 4) is 0 Å². The number of aliphatic hydroxyl groups is 10. The van der Waals surface area contributed by atoms with Crippen LogP contribution in [0.5, 0.6) is 0 Å². The number of guanidine groups is 1. The number of carbonyl (C=O) groups excluding carboxylic acids is 15. The van der Waals surface area contributed by atoms with E-state index in [9.17, 15) is 128 Å². The van der Waals surface area contributed by atoms with Crippen LogP contribution in [0.4, 0.5) is 0 Å². The van der Waals surface area contributed by atoms with Gasteiger partial charge in [0.25, 0.3) is 0 Å². The molecule has 54 nitrogen and oxygen atoms in total. The number of carboxylic acids is 1. The maximum Gasteiger partial charge on any atom is 0.305 e. The Morgan fingerprint density at radius 1 is 0.549 bits per heavy atom. The molecule has 30 N–H and O–H groups in total. The average Bonchev–Trinajstić information content (AvgIpc) is 1.38. The number of aromatic nitrogens is 2. The molecule has 1 aromatic heterocycles. The minimum absolute atomic E-state index is 0.0100. The van der Waals surface area contributed by atoms with Crippen molar-refractivity contribution in [2.24, 2.45) is 28.1 Å². The SMILES string of the molecule is CCNC(=O)C1CCCN1C(=O)C(C)NC(=O)C1CCCN1C(=O)C(CCCN=C(N)N)NC(=O)C(NC(=O)C(CC(=O)O)NC(=O)C1CCCN1C(=O)C(C)NC(=O)C(CO)NC(=O)C(NC(=O)C(NC(=O)CNC(=O)C(N)Cc1cnc[nH]1)C(C)C)C(C)O[C@H]1O[C@H](CO)[C@@H](O)C(O[C@H]2O[C@H](CO)[C@@H](O[C@H]3O[C@H](CO)[C@@H](O)C(O)C3O)C(O)C2NC(C)=O)C1NC(C)=O)C(C)O. The summed E-state index contributed by atoms with van der Waals surface area (Å²) >= 11 is 0. The Hall–Kier alpha value is -10.7. The number of aliphatic carboxylic acids is 1. The lowest BCUT2D eigenvalue weighted by atomic mass is 9.93. The number of nitrogens with one attached hydrogen (secondary N) is 13.